The lowest BCUT2D eigenvalue weighted by Gasteiger charge is -2.33. The van der Waals surface area contributed by atoms with Crippen LogP contribution < -0.4 is 5.32 Å². The maximum absolute atomic E-state index is 13.1. The first-order valence-electron chi connectivity index (χ1n) is 11.5. The summed E-state index contributed by atoms with van der Waals surface area (Å²) in [6.45, 7) is 7.16. The van der Waals surface area contributed by atoms with Crippen molar-refractivity contribution in [2.24, 2.45) is 5.92 Å². The number of piperidine rings is 1. The van der Waals surface area contributed by atoms with Gasteiger partial charge in [0.1, 0.15) is 0 Å². The van der Waals surface area contributed by atoms with Crippen molar-refractivity contribution >= 4 is 11.8 Å². The number of nitrogens with one attached hydrogen (secondary N) is 1. The van der Waals surface area contributed by atoms with Crippen molar-refractivity contribution in [3.63, 3.8) is 0 Å². The van der Waals surface area contributed by atoms with Gasteiger partial charge in [-0.2, -0.15) is 9.90 Å². The summed E-state index contributed by atoms with van der Waals surface area (Å²) in [5, 5.41) is 12.2. The Kier molecular flexibility index (Phi) is 6.39. The summed E-state index contributed by atoms with van der Waals surface area (Å²) in [4.78, 5) is 29.0. The largest absolute Gasteiger partial charge is 0.353 e. The Morgan fingerprint density at radius 3 is 2.35 bits per heavy atom. The minimum Gasteiger partial charge on any atom is -0.353 e. The van der Waals surface area contributed by atoms with E-state index < -0.39 is 0 Å². The molecule has 1 aromatic heterocycles. The third kappa shape index (κ3) is 4.81. The third-order valence-corrected chi connectivity index (χ3v) is 6.66. The van der Waals surface area contributed by atoms with E-state index in [4.69, 9.17) is 0 Å². The minimum atomic E-state index is -0.0782. The van der Waals surface area contributed by atoms with Gasteiger partial charge in [-0.3, -0.25) is 9.59 Å². The molecule has 166 valence electrons. The van der Waals surface area contributed by atoms with Crippen molar-refractivity contribution < 1.29 is 9.59 Å². The maximum atomic E-state index is 13.1. The van der Waals surface area contributed by atoms with Crippen LogP contribution in [0.25, 0.3) is 5.69 Å². The first-order valence-corrected chi connectivity index (χ1v) is 11.5. The Bertz CT molecular complexity index is 953. The summed E-state index contributed by atoms with van der Waals surface area (Å²) in [5.74, 6) is 0.304. The quantitative estimate of drug-likeness (QED) is 0.816. The predicted octanol–water partition coefficient (Wildman–Crippen LogP) is 3.49. The molecule has 2 aromatic rings. The fraction of sp³-hybridized carbons (Fsp3) is 0.583. The van der Waals surface area contributed by atoms with Crippen molar-refractivity contribution in [2.45, 2.75) is 71.8 Å². The van der Waals surface area contributed by atoms with Crippen LogP contribution in [0.5, 0.6) is 0 Å². The molecule has 0 atom stereocenters. The summed E-state index contributed by atoms with van der Waals surface area (Å²) in [7, 11) is 0. The van der Waals surface area contributed by atoms with Crippen LogP contribution >= 0.6 is 0 Å². The van der Waals surface area contributed by atoms with Crippen LogP contribution in [-0.4, -0.2) is 50.8 Å². The van der Waals surface area contributed by atoms with E-state index in [-0.39, 0.29) is 23.8 Å². The summed E-state index contributed by atoms with van der Waals surface area (Å²) < 4.78 is 0. The predicted molar refractivity (Wildman–Crippen MR) is 119 cm³/mol. The number of benzene rings is 1. The molecule has 2 aliphatic rings. The summed E-state index contributed by atoms with van der Waals surface area (Å²) in [6.07, 6.45) is 7.16. The van der Waals surface area contributed by atoms with E-state index in [0.717, 1.165) is 49.8 Å². The highest BCUT2D eigenvalue weighted by molar-refractivity contribution is 5.93. The molecule has 4 rings (SSSR count). The number of nitrogens with zero attached hydrogens (tertiary/aromatic N) is 4. The fourth-order valence-electron chi connectivity index (χ4n) is 4.77. The molecule has 0 spiro atoms. The number of aromatic nitrogens is 3. The van der Waals surface area contributed by atoms with Crippen molar-refractivity contribution in [3.05, 3.63) is 40.7 Å². The molecule has 31 heavy (non-hydrogen) atoms. The summed E-state index contributed by atoms with van der Waals surface area (Å²) in [6, 6.07) is 6.25. The Morgan fingerprint density at radius 1 is 0.968 bits per heavy atom. The van der Waals surface area contributed by atoms with E-state index in [0.29, 0.717) is 24.5 Å². The molecular weight excluding hydrogens is 390 g/mol. The van der Waals surface area contributed by atoms with Crippen molar-refractivity contribution in [1.29, 1.82) is 0 Å². The van der Waals surface area contributed by atoms with Crippen LogP contribution in [0.1, 0.15) is 72.3 Å². The number of carbonyl (C=O) groups is 2. The Labute approximate surface area is 184 Å². The molecule has 0 bridgehead atoms. The molecule has 2 fully saturated rings. The van der Waals surface area contributed by atoms with Crippen molar-refractivity contribution in [1.82, 2.24) is 25.2 Å². The van der Waals surface area contributed by atoms with E-state index in [1.165, 1.54) is 12.0 Å². The minimum absolute atomic E-state index is 0.0782. The molecule has 1 aromatic carbocycles. The molecule has 1 saturated heterocycles. The van der Waals surface area contributed by atoms with Gasteiger partial charge >= 0.3 is 0 Å². The van der Waals surface area contributed by atoms with Gasteiger partial charge in [-0.1, -0.05) is 37.0 Å². The number of rotatable bonds is 4. The molecule has 0 unspecified atom stereocenters. The van der Waals surface area contributed by atoms with Crippen LogP contribution in [0, 0.1) is 26.7 Å². The number of carbonyl (C=O) groups excluding carboxylic acids is 2. The fourth-order valence-corrected chi connectivity index (χ4v) is 4.77. The van der Waals surface area contributed by atoms with Gasteiger partial charge in [0, 0.05) is 25.0 Å². The van der Waals surface area contributed by atoms with Crippen LogP contribution in [-0.2, 0) is 4.79 Å². The lowest BCUT2D eigenvalue weighted by atomic mass is 9.88. The summed E-state index contributed by atoms with van der Waals surface area (Å²) in [5.41, 5.74) is 4.18. The van der Waals surface area contributed by atoms with Gasteiger partial charge in [0.2, 0.25) is 5.91 Å². The van der Waals surface area contributed by atoms with Gasteiger partial charge in [-0.15, -0.1) is 5.10 Å². The van der Waals surface area contributed by atoms with Gasteiger partial charge in [-0.25, -0.2) is 0 Å². The molecule has 1 aliphatic carbocycles. The van der Waals surface area contributed by atoms with E-state index in [2.05, 4.69) is 28.5 Å². The molecule has 1 aliphatic heterocycles. The molecule has 2 heterocycles. The van der Waals surface area contributed by atoms with E-state index in [9.17, 15) is 9.59 Å². The topological polar surface area (TPSA) is 80.1 Å². The van der Waals surface area contributed by atoms with Crippen molar-refractivity contribution in [2.75, 3.05) is 13.1 Å². The second kappa shape index (κ2) is 9.20. The number of amides is 2. The zero-order valence-electron chi connectivity index (χ0n) is 18.9. The average Bonchev–Trinajstić information content (AvgIpc) is 3.15. The number of likely N-dealkylation sites (tertiary alicyclic amines) is 1. The lowest BCUT2D eigenvalue weighted by molar-refractivity contribution is -0.126. The first-order chi connectivity index (χ1) is 14.9. The molecule has 7 nitrogen and oxygen atoms in total. The standard InChI is InChI=1S/C24H33N5O2/c1-16-9-10-21(17(2)15-16)29-26-18(3)22(27-29)24(31)28-13-11-20(12-14-28)25-23(30)19-7-5-4-6-8-19/h9-10,15,19-20H,4-8,11-14H2,1-3H3,(H,25,30). The number of hydrogen-bond acceptors (Lipinski definition) is 4. The second-order valence-electron chi connectivity index (χ2n) is 9.12. The highest BCUT2D eigenvalue weighted by atomic mass is 16.2. The van der Waals surface area contributed by atoms with Crippen LogP contribution in [0.4, 0.5) is 0 Å². The van der Waals surface area contributed by atoms with E-state index in [1.807, 2.05) is 30.9 Å². The molecule has 7 heteroatoms. The smallest absolute Gasteiger partial charge is 0.276 e. The van der Waals surface area contributed by atoms with Gasteiger partial charge in [0.15, 0.2) is 5.69 Å². The van der Waals surface area contributed by atoms with E-state index in [1.54, 1.807) is 4.80 Å². The number of hydrogen-bond donors (Lipinski definition) is 1. The summed E-state index contributed by atoms with van der Waals surface area (Å²) >= 11 is 0. The van der Waals surface area contributed by atoms with Gasteiger partial charge in [0.05, 0.1) is 11.4 Å². The van der Waals surface area contributed by atoms with Crippen LogP contribution in [0.15, 0.2) is 18.2 Å². The lowest BCUT2D eigenvalue weighted by Crippen LogP contribution is -2.48. The Hall–Kier alpha value is -2.70. The van der Waals surface area contributed by atoms with Gasteiger partial charge < -0.3 is 10.2 Å². The molecule has 1 N–H and O–H groups in total. The monoisotopic (exact) mass is 423 g/mol. The number of aryl methyl sites for hydroxylation is 3. The second-order valence-corrected chi connectivity index (χ2v) is 9.12. The molecule has 1 saturated carbocycles. The van der Waals surface area contributed by atoms with Gasteiger partial charge in [0.25, 0.3) is 5.91 Å². The molecule has 0 radical (unpaired) electrons. The zero-order valence-corrected chi connectivity index (χ0v) is 18.9. The first kappa shape index (κ1) is 21.5. The Balaban J connectivity index is 1.36. The van der Waals surface area contributed by atoms with E-state index >= 15 is 0 Å². The van der Waals surface area contributed by atoms with Crippen LogP contribution in [0.3, 0.4) is 0 Å². The molecular formula is C24H33N5O2. The maximum Gasteiger partial charge on any atom is 0.276 e. The highest BCUT2D eigenvalue weighted by Gasteiger charge is 2.29. The Morgan fingerprint density at radius 2 is 1.68 bits per heavy atom. The normalized spacial score (nSPS) is 18.2. The third-order valence-electron chi connectivity index (χ3n) is 6.66. The SMILES string of the molecule is Cc1ccc(-n2nc(C)c(C(=O)N3CCC(NC(=O)C4CCCCC4)CC3)n2)c(C)c1. The van der Waals surface area contributed by atoms with Crippen molar-refractivity contribution in [3.8, 4) is 5.69 Å². The highest BCUT2D eigenvalue weighted by Crippen LogP contribution is 2.24. The molecule has 2 amide bonds. The average molecular weight is 424 g/mol. The van der Waals surface area contributed by atoms with Crippen LogP contribution in [0.2, 0.25) is 0 Å². The zero-order chi connectivity index (χ0) is 22.0. The van der Waals surface area contributed by atoms with Gasteiger partial charge in [-0.05, 0) is 58.1 Å².